The molecule has 0 radical (unpaired) electrons. The van der Waals surface area contributed by atoms with Gasteiger partial charge in [0.25, 0.3) is 0 Å². The van der Waals surface area contributed by atoms with E-state index in [0.717, 1.165) is 69.6 Å². The maximum Gasteiger partial charge on any atom is 0.225 e. The van der Waals surface area contributed by atoms with Crippen molar-refractivity contribution in [2.45, 2.75) is 108 Å². The van der Waals surface area contributed by atoms with Crippen LogP contribution in [-0.4, -0.2) is 55.3 Å². The van der Waals surface area contributed by atoms with Crippen LogP contribution in [0.25, 0.3) is 20.8 Å². The number of anilines is 2. The Balaban J connectivity index is 1.20. The van der Waals surface area contributed by atoms with Crippen LogP contribution in [0.15, 0.2) is 12.3 Å². The Hall–Kier alpha value is -2.40. The Morgan fingerprint density at radius 1 is 0.976 bits per heavy atom. The van der Waals surface area contributed by atoms with E-state index in [1.54, 1.807) is 11.3 Å². The molecule has 5 fully saturated rings. The van der Waals surface area contributed by atoms with Crippen molar-refractivity contribution in [2.24, 2.45) is 17.8 Å². The summed E-state index contributed by atoms with van der Waals surface area (Å²) in [7, 11) is 0. The van der Waals surface area contributed by atoms with Gasteiger partial charge in [-0.3, -0.25) is 4.98 Å². The van der Waals surface area contributed by atoms with Gasteiger partial charge in [0.05, 0.1) is 21.7 Å². The number of aromatic nitrogens is 4. The van der Waals surface area contributed by atoms with Crippen LogP contribution in [0.3, 0.4) is 0 Å². The molecule has 3 aromatic rings. The van der Waals surface area contributed by atoms with E-state index < -0.39 is 5.72 Å². The van der Waals surface area contributed by atoms with Crippen molar-refractivity contribution >= 4 is 33.3 Å². The number of hydrogen-bond acceptors (Lipinski definition) is 10. The number of fused-ring (bicyclic) bond motifs is 2. The molecular formula is C31H40N6O3S. The molecule has 10 heteroatoms. The summed E-state index contributed by atoms with van der Waals surface area (Å²) < 4.78 is 14.7. The third-order valence-corrected chi connectivity index (χ3v) is 11.3. The molecule has 1 unspecified atom stereocenters. The topological polar surface area (TPSA) is 114 Å². The highest BCUT2D eigenvalue weighted by Gasteiger charge is 2.59. The molecule has 4 aliphatic carbocycles. The molecule has 41 heavy (non-hydrogen) atoms. The van der Waals surface area contributed by atoms with Crippen LogP contribution < -0.4 is 10.6 Å². The van der Waals surface area contributed by atoms with Gasteiger partial charge in [0, 0.05) is 30.2 Å². The van der Waals surface area contributed by atoms with Crippen LogP contribution in [0.1, 0.15) is 82.0 Å². The fraction of sp³-hybridized carbons (Fsp3) is 0.677. The van der Waals surface area contributed by atoms with E-state index >= 15 is 0 Å². The summed E-state index contributed by atoms with van der Waals surface area (Å²) in [6.45, 7) is 4.14. The first-order valence-electron chi connectivity index (χ1n) is 15.6. The molecule has 8 rings (SSSR count). The van der Waals surface area contributed by atoms with Gasteiger partial charge in [0.15, 0.2) is 12.0 Å². The fourth-order valence-corrected chi connectivity index (χ4v) is 8.77. The number of aliphatic hydroxyl groups excluding tert-OH is 1. The SMILES string of the molecule is Cc1nc(NC2(C3CC3)CC2)nc(N[C@@]23CC[C@H](CO)[C@H]2OC(C2CCCCC2)O3)c1-c1nc2c(C)nccc2s1. The van der Waals surface area contributed by atoms with Crippen molar-refractivity contribution in [1.82, 2.24) is 19.9 Å². The molecule has 218 valence electrons. The lowest BCUT2D eigenvalue weighted by Gasteiger charge is -2.32. The number of pyridine rings is 1. The van der Waals surface area contributed by atoms with E-state index in [2.05, 4.69) is 22.5 Å². The van der Waals surface area contributed by atoms with Gasteiger partial charge in [-0.1, -0.05) is 19.3 Å². The molecule has 9 nitrogen and oxygen atoms in total. The van der Waals surface area contributed by atoms with Crippen molar-refractivity contribution in [3.63, 3.8) is 0 Å². The van der Waals surface area contributed by atoms with Gasteiger partial charge in [-0.2, -0.15) is 4.98 Å². The summed E-state index contributed by atoms with van der Waals surface area (Å²) in [5, 5.41) is 18.7. The predicted octanol–water partition coefficient (Wildman–Crippen LogP) is 5.95. The quantitative estimate of drug-likeness (QED) is 0.299. The van der Waals surface area contributed by atoms with E-state index in [4.69, 9.17) is 24.4 Å². The Morgan fingerprint density at radius 3 is 2.54 bits per heavy atom. The molecule has 0 amide bonds. The number of nitrogens with zero attached hydrogens (tertiary/aromatic N) is 4. The van der Waals surface area contributed by atoms with Crippen LogP contribution in [0.5, 0.6) is 0 Å². The van der Waals surface area contributed by atoms with E-state index in [1.807, 2.05) is 19.2 Å². The first-order chi connectivity index (χ1) is 20.0. The lowest BCUT2D eigenvalue weighted by atomic mass is 9.89. The van der Waals surface area contributed by atoms with E-state index in [1.165, 1.54) is 44.9 Å². The number of hydrogen-bond donors (Lipinski definition) is 3. The first kappa shape index (κ1) is 26.2. The minimum Gasteiger partial charge on any atom is -0.396 e. The molecule has 3 N–H and O–H groups in total. The van der Waals surface area contributed by atoms with Crippen molar-refractivity contribution in [3.05, 3.63) is 23.7 Å². The molecule has 5 aliphatic rings. The summed E-state index contributed by atoms with van der Waals surface area (Å²) in [5.74, 6) is 2.55. The molecule has 4 atom stereocenters. The largest absolute Gasteiger partial charge is 0.396 e. The average Bonchev–Trinajstić information content (AvgIpc) is 3.85. The van der Waals surface area contributed by atoms with Gasteiger partial charge in [0.2, 0.25) is 5.95 Å². The van der Waals surface area contributed by atoms with Gasteiger partial charge in [0.1, 0.15) is 22.4 Å². The molecule has 0 spiro atoms. The Labute approximate surface area is 244 Å². The molecular weight excluding hydrogens is 536 g/mol. The zero-order valence-corrected chi connectivity index (χ0v) is 24.8. The third-order valence-electron chi connectivity index (χ3n) is 10.3. The maximum atomic E-state index is 10.3. The maximum absolute atomic E-state index is 10.3. The number of thiazole rings is 1. The molecule has 3 aromatic heterocycles. The Morgan fingerprint density at radius 2 is 1.80 bits per heavy atom. The molecule has 0 bridgehead atoms. The second-order valence-corrected chi connectivity index (χ2v) is 14.1. The highest BCUT2D eigenvalue weighted by atomic mass is 32.1. The highest BCUT2D eigenvalue weighted by Crippen LogP contribution is 2.55. The first-order valence-corrected chi connectivity index (χ1v) is 16.4. The minimum atomic E-state index is -0.746. The van der Waals surface area contributed by atoms with E-state index in [9.17, 15) is 5.11 Å². The van der Waals surface area contributed by atoms with Gasteiger partial charge >= 0.3 is 0 Å². The Kier molecular flexibility index (Phi) is 6.29. The smallest absolute Gasteiger partial charge is 0.225 e. The molecule has 1 aliphatic heterocycles. The monoisotopic (exact) mass is 576 g/mol. The second-order valence-electron chi connectivity index (χ2n) is 13.1. The zero-order valence-electron chi connectivity index (χ0n) is 24.0. The molecule has 4 heterocycles. The lowest BCUT2D eigenvalue weighted by Crippen LogP contribution is -2.46. The Bertz CT molecular complexity index is 1470. The van der Waals surface area contributed by atoms with Gasteiger partial charge in [-0.05, 0) is 77.2 Å². The van der Waals surface area contributed by atoms with Gasteiger partial charge in [-0.25, -0.2) is 9.97 Å². The average molecular weight is 577 g/mol. The van der Waals surface area contributed by atoms with Crippen LogP contribution in [0.4, 0.5) is 11.8 Å². The van der Waals surface area contributed by atoms with Crippen LogP contribution >= 0.6 is 11.3 Å². The number of rotatable bonds is 8. The van der Waals surface area contributed by atoms with Crippen LogP contribution in [0.2, 0.25) is 0 Å². The second kappa shape index (κ2) is 9.82. The minimum absolute atomic E-state index is 0.0286. The fourth-order valence-electron chi connectivity index (χ4n) is 7.66. The molecule has 4 saturated carbocycles. The standard InChI is InChI=1S/C31H40N6O3S/c1-17-23(27-34-24-18(2)32-15-11-22(24)41-27)26(35-29(33-17)37-30(13-14-30)21-8-9-21)36-31-12-10-20(16-38)25(31)39-28(40-31)19-6-4-3-5-7-19/h11,15,19-21,25,28,38H,3-10,12-14,16H2,1-2H3,(H2,33,35,36,37)/t20-,25-,28?,31-/m1/s1. The van der Waals surface area contributed by atoms with Crippen molar-refractivity contribution in [1.29, 1.82) is 0 Å². The summed E-state index contributed by atoms with van der Waals surface area (Å²) >= 11 is 1.64. The van der Waals surface area contributed by atoms with Crippen LogP contribution in [0, 0.1) is 31.6 Å². The summed E-state index contributed by atoms with van der Waals surface area (Å²) in [4.78, 5) is 19.7. The third kappa shape index (κ3) is 4.53. The van der Waals surface area contributed by atoms with Crippen molar-refractivity contribution in [2.75, 3.05) is 17.2 Å². The number of aryl methyl sites for hydroxylation is 2. The number of ether oxygens (including phenoxy) is 2. The summed E-state index contributed by atoms with van der Waals surface area (Å²) in [6.07, 6.45) is 13.9. The predicted molar refractivity (Wildman–Crippen MR) is 159 cm³/mol. The normalized spacial score (nSPS) is 31.0. The molecule has 1 saturated heterocycles. The lowest BCUT2D eigenvalue weighted by molar-refractivity contribution is -0.134. The van der Waals surface area contributed by atoms with Crippen molar-refractivity contribution in [3.8, 4) is 10.6 Å². The summed E-state index contributed by atoms with van der Waals surface area (Å²) in [6, 6.07) is 2.02. The highest BCUT2D eigenvalue weighted by molar-refractivity contribution is 7.21. The number of nitrogens with one attached hydrogen (secondary N) is 2. The summed E-state index contributed by atoms with van der Waals surface area (Å²) in [5.41, 5.74) is 3.02. The zero-order chi connectivity index (χ0) is 27.8. The van der Waals surface area contributed by atoms with Gasteiger partial charge < -0.3 is 25.2 Å². The van der Waals surface area contributed by atoms with Gasteiger partial charge in [-0.15, -0.1) is 11.3 Å². The van der Waals surface area contributed by atoms with E-state index in [0.29, 0.717) is 11.9 Å². The van der Waals surface area contributed by atoms with Crippen molar-refractivity contribution < 1.29 is 14.6 Å². The van der Waals surface area contributed by atoms with Crippen LogP contribution in [-0.2, 0) is 9.47 Å². The number of aliphatic hydroxyl groups is 1. The van der Waals surface area contributed by atoms with E-state index in [-0.39, 0.29) is 30.5 Å². The molecule has 0 aromatic carbocycles.